The third-order valence-corrected chi connectivity index (χ3v) is 3.07. The van der Waals surface area contributed by atoms with Gasteiger partial charge in [-0.05, 0) is 30.0 Å². The SMILES string of the molecule is CC(C)Cn1ccnc(NCCc2cccc(F)c2)c1=O. The van der Waals surface area contributed by atoms with Gasteiger partial charge in [-0.25, -0.2) is 9.37 Å². The molecule has 21 heavy (non-hydrogen) atoms. The van der Waals surface area contributed by atoms with Crippen molar-refractivity contribution >= 4 is 5.82 Å². The molecule has 0 saturated carbocycles. The molecule has 1 N–H and O–H groups in total. The molecule has 2 rings (SSSR count). The first kappa shape index (κ1) is 15.2. The van der Waals surface area contributed by atoms with Crippen LogP contribution >= 0.6 is 0 Å². The number of anilines is 1. The molecule has 4 nitrogen and oxygen atoms in total. The molecule has 0 fully saturated rings. The van der Waals surface area contributed by atoms with Crippen LogP contribution in [-0.2, 0) is 13.0 Å². The van der Waals surface area contributed by atoms with Crippen molar-refractivity contribution in [1.82, 2.24) is 9.55 Å². The Balaban J connectivity index is 1.99. The predicted octanol–water partition coefficient (Wildman–Crippen LogP) is 2.69. The van der Waals surface area contributed by atoms with E-state index in [9.17, 15) is 9.18 Å². The van der Waals surface area contributed by atoms with Gasteiger partial charge in [-0.1, -0.05) is 26.0 Å². The van der Waals surface area contributed by atoms with Crippen LogP contribution in [-0.4, -0.2) is 16.1 Å². The summed E-state index contributed by atoms with van der Waals surface area (Å²) >= 11 is 0. The van der Waals surface area contributed by atoms with Gasteiger partial charge in [-0.15, -0.1) is 0 Å². The monoisotopic (exact) mass is 289 g/mol. The highest BCUT2D eigenvalue weighted by molar-refractivity contribution is 5.31. The summed E-state index contributed by atoms with van der Waals surface area (Å²) in [5.41, 5.74) is 0.770. The molecule has 0 aliphatic rings. The Labute approximate surface area is 123 Å². The second-order valence-electron chi connectivity index (χ2n) is 5.43. The van der Waals surface area contributed by atoms with E-state index in [-0.39, 0.29) is 11.4 Å². The molecule has 0 radical (unpaired) electrons. The van der Waals surface area contributed by atoms with Crippen LogP contribution in [0.2, 0.25) is 0 Å². The Morgan fingerprint density at radius 2 is 2.19 bits per heavy atom. The molecular weight excluding hydrogens is 269 g/mol. The Hall–Kier alpha value is -2.17. The largest absolute Gasteiger partial charge is 0.365 e. The first-order chi connectivity index (χ1) is 10.1. The van der Waals surface area contributed by atoms with Gasteiger partial charge in [0.25, 0.3) is 5.56 Å². The number of aromatic nitrogens is 2. The van der Waals surface area contributed by atoms with Crippen LogP contribution in [0.15, 0.2) is 41.5 Å². The van der Waals surface area contributed by atoms with Gasteiger partial charge in [-0.2, -0.15) is 0 Å². The van der Waals surface area contributed by atoms with Gasteiger partial charge in [0, 0.05) is 25.5 Å². The Bertz CT molecular complexity index is 652. The molecule has 0 saturated heterocycles. The summed E-state index contributed by atoms with van der Waals surface area (Å²) in [6, 6.07) is 6.46. The van der Waals surface area contributed by atoms with E-state index in [0.29, 0.717) is 31.2 Å². The Morgan fingerprint density at radius 3 is 2.90 bits per heavy atom. The minimum absolute atomic E-state index is 0.120. The number of rotatable bonds is 6. The highest BCUT2D eigenvalue weighted by atomic mass is 19.1. The molecule has 112 valence electrons. The highest BCUT2D eigenvalue weighted by Crippen LogP contribution is 2.05. The molecule has 0 atom stereocenters. The van der Waals surface area contributed by atoms with E-state index < -0.39 is 0 Å². The molecular formula is C16H20FN3O. The molecule has 0 aliphatic heterocycles. The summed E-state index contributed by atoms with van der Waals surface area (Å²) in [6.07, 6.45) is 3.95. The lowest BCUT2D eigenvalue weighted by Gasteiger charge is -2.10. The quantitative estimate of drug-likeness (QED) is 0.889. The minimum Gasteiger partial charge on any atom is -0.365 e. The van der Waals surface area contributed by atoms with Gasteiger partial charge in [0.2, 0.25) is 0 Å². The number of nitrogens with zero attached hydrogens (tertiary/aromatic N) is 2. The maximum Gasteiger partial charge on any atom is 0.293 e. The Kier molecular flexibility index (Phi) is 5.09. The average molecular weight is 289 g/mol. The van der Waals surface area contributed by atoms with Crippen LogP contribution in [0, 0.1) is 11.7 Å². The summed E-state index contributed by atoms with van der Waals surface area (Å²) in [4.78, 5) is 16.3. The average Bonchev–Trinajstić information content (AvgIpc) is 2.42. The van der Waals surface area contributed by atoms with Crippen molar-refractivity contribution in [3.63, 3.8) is 0 Å². The zero-order chi connectivity index (χ0) is 15.2. The number of hydrogen-bond acceptors (Lipinski definition) is 3. The second-order valence-corrected chi connectivity index (χ2v) is 5.43. The number of benzene rings is 1. The molecule has 0 amide bonds. The predicted molar refractivity (Wildman–Crippen MR) is 81.9 cm³/mol. The van der Waals surface area contributed by atoms with Gasteiger partial charge >= 0.3 is 0 Å². The third-order valence-electron chi connectivity index (χ3n) is 3.07. The first-order valence-electron chi connectivity index (χ1n) is 7.10. The smallest absolute Gasteiger partial charge is 0.293 e. The van der Waals surface area contributed by atoms with E-state index in [1.807, 2.05) is 6.07 Å². The number of halogens is 1. The molecule has 2 aromatic rings. The van der Waals surface area contributed by atoms with E-state index in [0.717, 1.165) is 5.56 Å². The van der Waals surface area contributed by atoms with Crippen LogP contribution in [0.1, 0.15) is 19.4 Å². The fourth-order valence-electron chi connectivity index (χ4n) is 2.12. The normalized spacial score (nSPS) is 10.9. The fourth-order valence-corrected chi connectivity index (χ4v) is 2.12. The van der Waals surface area contributed by atoms with E-state index in [4.69, 9.17) is 0 Å². The molecule has 0 spiro atoms. The second kappa shape index (κ2) is 7.02. The number of nitrogens with one attached hydrogen (secondary N) is 1. The van der Waals surface area contributed by atoms with Crippen molar-refractivity contribution < 1.29 is 4.39 Å². The standard InChI is InChI=1S/C16H20FN3O/c1-12(2)11-20-9-8-19-15(16(20)21)18-7-6-13-4-3-5-14(17)10-13/h3-5,8-10,12H,6-7,11H2,1-2H3,(H,18,19). The van der Waals surface area contributed by atoms with Gasteiger partial charge in [0.1, 0.15) is 5.82 Å². The zero-order valence-corrected chi connectivity index (χ0v) is 12.3. The summed E-state index contributed by atoms with van der Waals surface area (Å²) in [6.45, 7) is 5.32. The lowest BCUT2D eigenvalue weighted by molar-refractivity contribution is 0.509. The van der Waals surface area contributed by atoms with Gasteiger partial charge in [0.15, 0.2) is 5.82 Å². The lowest BCUT2D eigenvalue weighted by Crippen LogP contribution is -2.26. The van der Waals surface area contributed by atoms with Crippen LogP contribution < -0.4 is 10.9 Å². The molecule has 0 unspecified atom stereocenters. The van der Waals surface area contributed by atoms with Crippen molar-refractivity contribution in [2.45, 2.75) is 26.8 Å². The van der Waals surface area contributed by atoms with E-state index >= 15 is 0 Å². The van der Waals surface area contributed by atoms with E-state index in [1.165, 1.54) is 12.1 Å². The molecule has 1 heterocycles. The summed E-state index contributed by atoms with van der Waals surface area (Å²) in [5.74, 6) is 0.490. The zero-order valence-electron chi connectivity index (χ0n) is 12.3. The van der Waals surface area contributed by atoms with Crippen LogP contribution in [0.5, 0.6) is 0 Å². The molecule has 1 aromatic carbocycles. The summed E-state index contributed by atoms with van der Waals surface area (Å²) in [5, 5.41) is 3.03. The summed E-state index contributed by atoms with van der Waals surface area (Å²) in [7, 11) is 0. The highest BCUT2D eigenvalue weighted by Gasteiger charge is 2.05. The van der Waals surface area contributed by atoms with Crippen LogP contribution in [0.3, 0.4) is 0 Å². The Morgan fingerprint density at radius 1 is 1.38 bits per heavy atom. The third kappa shape index (κ3) is 4.41. The van der Waals surface area contributed by atoms with Crippen molar-refractivity contribution in [2.24, 2.45) is 5.92 Å². The van der Waals surface area contributed by atoms with E-state index in [1.54, 1.807) is 23.0 Å². The topological polar surface area (TPSA) is 46.9 Å². The van der Waals surface area contributed by atoms with Gasteiger partial charge in [0.05, 0.1) is 0 Å². The van der Waals surface area contributed by atoms with Crippen LogP contribution in [0.4, 0.5) is 10.2 Å². The molecule has 0 aliphatic carbocycles. The van der Waals surface area contributed by atoms with Gasteiger partial charge < -0.3 is 9.88 Å². The van der Waals surface area contributed by atoms with Crippen LogP contribution in [0.25, 0.3) is 0 Å². The minimum atomic E-state index is -0.246. The van der Waals surface area contributed by atoms with Crippen molar-refractivity contribution in [3.05, 3.63) is 58.4 Å². The fraction of sp³-hybridized carbons (Fsp3) is 0.375. The molecule has 5 heteroatoms. The maximum absolute atomic E-state index is 13.1. The first-order valence-corrected chi connectivity index (χ1v) is 7.10. The van der Waals surface area contributed by atoms with E-state index in [2.05, 4.69) is 24.1 Å². The van der Waals surface area contributed by atoms with Crippen molar-refractivity contribution in [3.8, 4) is 0 Å². The van der Waals surface area contributed by atoms with Crippen molar-refractivity contribution in [1.29, 1.82) is 0 Å². The summed E-state index contributed by atoms with van der Waals surface area (Å²) < 4.78 is 14.7. The molecule has 0 bridgehead atoms. The van der Waals surface area contributed by atoms with Gasteiger partial charge in [-0.3, -0.25) is 4.79 Å². The lowest BCUT2D eigenvalue weighted by atomic mass is 10.1. The maximum atomic E-state index is 13.1. The number of hydrogen-bond donors (Lipinski definition) is 1. The van der Waals surface area contributed by atoms with Crippen molar-refractivity contribution in [2.75, 3.05) is 11.9 Å². The molecule has 1 aromatic heterocycles.